The van der Waals surface area contributed by atoms with E-state index in [1.165, 1.54) is 12.1 Å². The molecule has 0 bridgehead atoms. The zero-order valence-electron chi connectivity index (χ0n) is 19.7. The lowest BCUT2D eigenvalue weighted by Crippen LogP contribution is -2.46. The van der Waals surface area contributed by atoms with Crippen molar-refractivity contribution in [2.24, 2.45) is 0 Å². The van der Waals surface area contributed by atoms with Crippen molar-refractivity contribution in [3.8, 4) is 0 Å². The fourth-order valence-electron chi connectivity index (χ4n) is 6.24. The van der Waals surface area contributed by atoms with E-state index in [2.05, 4.69) is 0 Å². The highest BCUT2D eigenvalue weighted by Gasteiger charge is 2.62. The second kappa shape index (κ2) is 9.12. The van der Waals surface area contributed by atoms with E-state index in [1.807, 2.05) is 0 Å². The predicted molar refractivity (Wildman–Crippen MR) is 120 cm³/mol. The molecule has 9 heteroatoms. The maximum atomic E-state index is 13.2. The van der Waals surface area contributed by atoms with Crippen LogP contribution in [0.5, 0.6) is 0 Å². The van der Waals surface area contributed by atoms with Crippen molar-refractivity contribution < 1.29 is 43.1 Å². The molecule has 5 fully saturated rings. The van der Waals surface area contributed by atoms with Crippen LogP contribution in [0, 0.1) is 0 Å². The van der Waals surface area contributed by atoms with Crippen molar-refractivity contribution in [1.29, 1.82) is 0 Å². The molecule has 1 aromatic carbocycles. The highest BCUT2D eigenvalue weighted by atomic mass is 16.9. The molecule has 6 rings (SSSR count). The van der Waals surface area contributed by atoms with Gasteiger partial charge in [-0.05, 0) is 37.8 Å². The molecule has 0 amide bonds. The minimum atomic E-state index is -1.19. The number of ether oxygens (including phenoxy) is 6. The third-order valence-electron chi connectivity index (χ3n) is 7.98. The highest BCUT2D eigenvalue weighted by molar-refractivity contribution is 6.02. The molecule has 3 aliphatic heterocycles. The van der Waals surface area contributed by atoms with Gasteiger partial charge in [-0.25, -0.2) is 9.59 Å². The number of rotatable bonds is 4. The maximum absolute atomic E-state index is 13.2. The van der Waals surface area contributed by atoms with Crippen LogP contribution in [-0.4, -0.2) is 65.9 Å². The molecular formula is C26H32O9. The molecular weight excluding hydrogens is 456 g/mol. The van der Waals surface area contributed by atoms with Crippen LogP contribution in [0.3, 0.4) is 0 Å². The molecule has 9 nitrogen and oxygen atoms in total. The van der Waals surface area contributed by atoms with Crippen LogP contribution >= 0.6 is 0 Å². The van der Waals surface area contributed by atoms with E-state index in [0.29, 0.717) is 6.61 Å². The van der Waals surface area contributed by atoms with Gasteiger partial charge in [0.15, 0.2) is 30.1 Å². The zero-order valence-corrected chi connectivity index (χ0v) is 19.7. The average molecular weight is 489 g/mol. The summed E-state index contributed by atoms with van der Waals surface area (Å²) < 4.78 is 37.5. The first-order chi connectivity index (χ1) is 17.0. The van der Waals surface area contributed by atoms with E-state index in [-0.39, 0.29) is 11.1 Å². The Morgan fingerprint density at radius 1 is 0.829 bits per heavy atom. The minimum absolute atomic E-state index is 0.0131. The third-order valence-corrected chi connectivity index (χ3v) is 7.98. The first-order valence-corrected chi connectivity index (χ1v) is 12.8. The largest absolute Gasteiger partial charge is 0.478 e. The van der Waals surface area contributed by atoms with E-state index in [4.69, 9.17) is 28.4 Å². The molecule has 0 aromatic heterocycles. The molecule has 35 heavy (non-hydrogen) atoms. The van der Waals surface area contributed by atoms with Gasteiger partial charge in [-0.1, -0.05) is 25.0 Å². The number of carbonyl (C=O) groups excluding carboxylic acids is 1. The number of carboxylic acid groups (broad SMARTS) is 1. The third kappa shape index (κ3) is 4.27. The molecule has 2 saturated carbocycles. The Morgan fingerprint density at radius 2 is 1.49 bits per heavy atom. The van der Waals surface area contributed by atoms with Crippen LogP contribution < -0.4 is 0 Å². The Hall–Kier alpha value is -2.04. The van der Waals surface area contributed by atoms with Crippen molar-refractivity contribution in [3.05, 3.63) is 35.4 Å². The van der Waals surface area contributed by atoms with Gasteiger partial charge in [0.1, 0.15) is 12.2 Å². The Bertz CT molecular complexity index is 965. The fraction of sp³-hybridized carbons (Fsp3) is 0.692. The number of benzene rings is 1. The number of aromatic carboxylic acids is 1. The minimum Gasteiger partial charge on any atom is -0.478 e. The molecule has 5 aliphatic rings. The van der Waals surface area contributed by atoms with Crippen LogP contribution in [0.2, 0.25) is 0 Å². The number of esters is 1. The predicted octanol–water partition coefficient (Wildman–Crippen LogP) is 3.79. The van der Waals surface area contributed by atoms with Gasteiger partial charge in [-0.3, -0.25) is 0 Å². The summed E-state index contributed by atoms with van der Waals surface area (Å²) in [4.78, 5) is 24.9. The molecule has 190 valence electrons. The average Bonchev–Trinajstić information content (AvgIpc) is 3.52. The lowest BCUT2D eigenvalue weighted by Gasteiger charge is -2.35. The Morgan fingerprint density at radius 3 is 2.17 bits per heavy atom. The van der Waals surface area contributed by atoms with Gasteiger partial charge in [-0.2, -0.15) is 0 Å². The van der Waals surface area contributed by atoms with Crippen molar-refractivity contribution >= 4 is 11.9 Å². The van der Waals surface area contributed by atoms with E-state index >= 15 is 0 Å². The topological polar surface area (TPSA) is 110 Å². The van der Waals surface area contributed by atoms with Crippen molar-refractivity contribution in [2.75, 3.05) is 6.61 Å². The Kier molecular flexibility index (Phi) is 6.09. The summed E-state index contributed by atoms with van der Waals surface area (Å²) in [5, 5.41) is 9.54. The summed E-state index contributed by atoms with van der Waals surface area (Å²) in [5.74, 6) is -3.26. The first-order valence-electron chi connectivity index (χ1n) is 12.8. The number of hydrogen-bond donors (Lipinski definition) is 1. The summed E-state index contributed by atoms with van der Waals surface area (Å²) in [5.41, 5.74) is -0.126. The number of carboxylic acids is 1. The standard InChI is InChI=1S/C26H32O9/c27-22(28)16-9-3-4-10-17(16)23(29)31-20-19(18-15-30-25(33-18)11-5-1-6-12-25)32-24-21(20)34-26(35-24)13-7-2-8-14-26/h3-4,9-10,18-21,24H,1-2,5-8,11-15H2,(H,27,28)/t18?,19-,20+,21-,24-/m1/s1. The molecule has 1 aromatic rings. The fourth-order valence-corrected chi connectivity index (χ4v) is 6.24. The molecule has 3 saturated heterocycles. The number of carbonyl (C=O) groups is 2. The smallest absolute Gasteiger partial charge is 0.339 e. The summed E-state index contributed by atoms with van der Waals surface area (Å²) in [6.07, 6.45) is 6.37. The molecule has 0 radical (unpaired) electrons. The number of fused-ring (bicyclic) bond motifs is 1. The van der Waals surface area contributed by atoms with Crippen LogP contribution in [0.1, 0.15) is 84.9 Å². The lowest BCUT2D eigenvalue weighted by molar-refractivity contribution is -0.259. The SMILES string of the molecule is O=C(O)c1ccccc1C(=O)O[C@@H]1[C@H]2OC3(CCCCC3)O[C@H]2O[C@@H]1C1COC2(CCCCC2)O1. The van der Waals surface area contributed by atoms with Crippen molar-refractivity contribution in [3.63, 3.8) is 0 Å². The molecule has 3 heterocycles. The van der Waals surface area contributed by atoms with Crippen molar-refractivity contribution in [2.45, 2.75) is 106 Å². The van der Waals surface area contributed by atoms with Gasteiger partial charge in [0.2, 0.25) is 0 Å². The Balaban J connectivity index is 1.25. The monoisotopic (exact) mass is 488 g/mol. The first kappa shape index (κ1) is 23.4. The molecule has 5 atom stereocenters. The molecule has 1 N–H and O–H groups in total. The second-order valence-electron chi connectivity index (χ2n) is 10.3. The van der Waals surface area contributed by atoms with Gasteiger partial charge in [0.05, 0.1) is 17.7 Å². The van der Waals surface area contributed by atoms with Crippen LogP contribution in [-0.2, 0) is 28.4 Å². The summed E-state index contributed by atoms with van der Waals surface area (Å²) in [6.45, 7) is 0.328. The van der Waals surface area contributed by atoms with E-state index in [9.17, 15) is 14.7 Å². The molecule has 2 spiro atoms. The zero-order chi connectivity index (χ0) is 24.0. The van der Waals surface area contributed by atoms with E-state index in [1.54, 1.807) is 12.1 Å². The van der Waals surface area contributed by atoms with Gasteiger partial charge in [0.25, 0.3) is 0 Å². The van der Waals surface area contributed by atoms with Crippen LogP contribution in [0.25, 0.3) is 0 Å². The maximum Gasteiger partial charge on any atom is 0.339 e. The Labute approximate surface area is 203 Å². The van der Waals surface area contributed by atoms with Gasteiger partial charge >= 0.3 is 11.9 Å². The van der Waals surface area contributed by atoms with Gasteiger partial charge in [-0.15, -0.1) is 0 Å². The highest BCUT2D eigenvalue weighted by Crippen LogP contribution is 2.48. The van der Waals surface area contributed by atoms with Gasteiger partial charge < -0.3 is 33.5 Å². The normalized spacial score (nSPS) is 35.3. The summed E-state index contributed by atoms with van der Waals surface area (Å²) in [6, 6.07) is 6.03. The molecule has 1 unspecified atom stereocenters. The second-order valence-corrected chi connectivity index (χ2v) is 10.3. The van der Waals surface area contributed by atoms with E-state index in [0.717, 1.165) is 64.2 Å². The van der Waals surface area contributed by atoms with Crippen LogP contribution in [0.15, 0.2) is 24.3 Å². The molecule has 2 aliphatic carbocycles. The lowest BCUT2D eigenvalue weighted by atomic mass is 9.94. The summed E-state index contributed by atoms with van der Waals surface area (Å²) >= 11 is 0. The summed E-state index contributed by atoms with van der Waals surface area (Å²) in [7, 11) is 0. The van der Waals surface area contributed by atoms with E-state index < -0.39 is 54.2 Å². The quantitative estimate of drug-likeness (QED) is 0.633. The van der Waals surface area contributed by atoms with Crippen molar-refractivity contribution in [1.82, 2.24) is 0 Å². The van der Waals surface area contributed by atoms with Gasteiger partial charge in [0, 0.05) is 25.7 Å². The van der Waals surface area contributed by atoms with Crippen LogP contribution in [0.4, 0.5) is 0 Å². The number of hydrogen-bond acceptors (Lipinski definition) is 8.